The quantitative estimate of drug-likeness (QED) is 0.520. The average molecular weight is 426 g/mol. The summed E-state index contributed by atoms with van der Waals surface area (Å²) in [7, 11) is 1.18. The maximum absolute atomic E-state index is 12.9. The van der Waals surface area contributed by atoms with Crippen LogP contribution in [0.25, 0.3) is 0 Å². The third kappa shape index (κ3) is 4.60. The fourth-order valence-electron chi connectivity index (χ4n) is 3.89. The summed E-state index contributed by atoms with van der Waals surface area (Å²) >= 11 is 0. The lowest BCUT2D eigenvalue weighted by atomic mass is 10.0. The Morgan fingerprint density at radius 1 is 1.16 bits per heavy atom. The Bertz CT molecular complexity index is 963. The molecule has 1 aromatic rings. The van der Waals surface area contributed by atoms with Crippen LogP contribution in [0.3, 0.4) is 0 Å². The molecule has 9 heteroatoms. The Balaban J connectivity index is 1.72. The monoisotopic (exact) mass is 426 g/mol. The number of carbonyl (C=O) groups is 4. The largest absolute Gasteiger partial charge is 0.464 e. The normalized spacial score (nSPS) is 15.9. The molecule has 0 unspecified atom stereocenters. The van der Waals surface area contributed by atoms with Crippen molar-refractivity contribution in [2.24, 2.45) is 0 Å². The van der Waals surface area contributed by atoms with Gasteiger partial charge in [-0.15, -0.1) is 0 Å². The molecule has 0 spiro atoms. The number of amides is 3. The molecule has 0 aliphatic carbocycles. The molecule has 0 atom stereocenters. The molecule has 0 radical (unpaired) electrons. The van der Waals surface area contributed by atoms with Gasteiger partial charge >= 0.3 is 5.97 Å². The van der Waals surface area contributed by atoms with Crippen LogP contribution < -0.4 is 15.5 Å². The number of piperidine rings is 1. The second-order valence-corrected chi connectivity index (χ2v) is 7.53. The summed E-state index contributed by atoms with van der Waals surface area (Å²) in [6.45, 7) is 10.4. The van der Waals surface area contributed by atoms with E-state index in [2.05, 4.69) is 33.4 Å². The number of ether oxygens (including phenoxy) is 1. The minimum Gasteiger partial charge on any atom is -0.464 e. The number of anilines is 1. The molecule has 2 aliphatic heterocycles. The molecule has 2 heterocycles. The minimum atomic E-state index is -0.776. The number of fused-ring (bicyclic) bond motifs is 1. The van der Waals surface area contributed by atoms with Crippen molar-refractivity contribution in [3.05, 3.63) is 53.9 Å². The first-order chi connectivity index (χ1) is 14.7. The van der Waals surface area contributed by atoms with Crippen LogP contribution >= 0.6 is 0 Å². The van der Waals surface area contributed by atoms with Gasteiger partial charge in [-0.25, -0.2) is 4.79 Å². The molecular weight excluding hydrogens is 400 g/mol. The molecule has 3 rings (SSSR count). The summed E-state index contributed by atoms with van der Waals surface area (Å²) in [4.78, 5) is 51.6. The second kappa shape index (κ2) is 9.03. The van der Waals surface area contributed by atoms with E-state index in [0.717, 1.165) is 37.2 Å². The van der Waals surface area contributed by atoms with Crippen molar-refractivity contribution in [1.82, 2.24) is 15.5 Å². The van der Waals surface area contributed by atoms with Crippen LogP contribution in [0.15, 0.2) is 42.8 Å². The molecule has 31 heavy (non-hydrogen) atoms. The number of rotatable bonds is 6. The Morgan fingerprint density at radius 2 is 1.84 bits per heavy atom. The number of esters is 1. The molecule has 0 aromatic heterocycles. The lowest BCUT2D eigenvalue weighted by molar-refractivity contribution is -0.137. The number of hydrogen-bond donors (Lipinski definition) is 2. The Kier molecular flexibility index (Phi) is 6.43. The zero-order chi connectivity index (χ0) is 22.7. The molecular formula is C22H26N4O5. The van der Waals surface area contributed by atoms with Crippen molar-refractivity contribution in [3.8, 4) is 0 Å². The summed E-state index contributed by atoms with van der Waals surface area (Å²) in [5, 5.41) is 5.26. The standard InChI is InChI=1S/C22H26N4O5/c1-13(22(30)31-4)23-20(28)14(2)26-12-18-17(21(26)29)6-5-7-19(18)25-10-8-16(9-11-25)24-15(3)27/h5-7,16H,1-2,8-12H2,3-4H3,(H,23,28)(H,24,27). The van der Waals surface area contributed by atoms with E-state index < -0.39 is 11.9 Å². The van der Waals surface area contributed by atoms with Crippen molar-refractivity contribution < 1.29 is 23.9 Å². The van der Waals surface area contributed by atoms with Gasteiger partial charge < -0.3 is 20.3 Å². The number of carbonyl (C=O) groups excluding carboxylic acids is 4. The van der Waals surface area contributed by atoms with E-state index in [1.807, 2.05) is 12.1 Å². The SMILES string of the molecule is C=C(NC(=O)C(=C)N1Cc2c(cccc2N2CCC(NC(C)=O)CC2)C1=O)C(=O)OC. The number of benzene rings is 1. The van der Waals surface area contributed by atoms with Gasteiger partial charge in [0.05, 0.1) is 13.7 Å². The van der Waals surface area contributed by atoms with Gasteiger partial charge in [-0.2, -0.15) is 0 Å². The summed E-state index contributed by atoms with van der Waals surface area (Å²) in [5.41, 5.74) is 1.96. The Morgan fingerprint density at radius 3 is 2.45 bits per heavy atom. The molecule has 164 valence electrons. The van der Waals surface area contributed by atoms with Gasteiger partial charge in [0, 0.05) is 42.9 Å². The predicted molar refractivity (Wildman–Crippen MR) is 114 cm³/mol. The van der Waals surface area contributed by atoms with E-state index in [-0.39, 0.29) is 35.8 Å². The Labute approximate surface area is 180 Å². The number of nitrogens with one attached hydrogen (secondary N) is 2. The highest BCUT2D eigenvalue weighted by Crippen LogP contribution is 2.34. The van der Waals surface area contributed by atoms with Gasteiger partial charge in [0.25, 0.3) is 11.8 Å². The van der Waals surface area contributed by atoms with Crippen LogP contribution in [0, 0.1) is 0 Å². The van der Waals surface area contributed by atoms with Crippen molar-refractivity contribution in [1.29, 1.82) is 0 Å². The van der Waals surface area contributed by atoms with Gasteiger partial charge in [0.1, 0.15) is 11.4 Å². The highest BCUT2D eigenvalue weighted by molar-refractivity contribution is 6.07. The molecule has 1 aromatic carbocycles. The molecule has 3 amide bonds. The highest BCUT2D eigenvalue weighted by atomic mass is 16.5. The van der Waals surface area contributed by atoms with E-state index in [9.17, 15) is 19.2 Å². The van der Waals surface area contributed by atoms with Crippen LogP contribution in [0.2, 0.25) is 0 Å². The van der Waals surface area contributed by atoms with Crippen LogP contribution in [0.4, 0.5) is 5.69 Å². The lowest BCUT2D eigenvalue weighted by Gasteiger charge is -2.34. The number of nitrogens with zero attached hydrogens (tertiary/aromatic N) is 2. The molecule has 0 bridgehead atoms. The fraction of sp³-hybridized carbons (Fsp3) is 0.364. The molecule has 0 saturated carbocycles. The van der Waals surface area contributed by atoms with E-state index in [1.165, 1.54) is 18.9 Å². The van der Waals surface area contributed by atoms with Gasteiger partial charge in [-0.3, -0.25) is 19.3 Å². The molecule has 2 aliphatic rings. The topological polar surface area (TPSA) is 108 Å². The van der Waals surface area contributed by atoms with Crippen LogP contribution in [-0.2, 0) is 25.7 Å². The van der Waals surface area contributed by atoms with Crippen molar-refractivity contribution in [2.45, 2.75) is 32.4 Å². The molecule has 2 N–H and O–H groups in total. The van der Waals surface area contributed by atoms with Gasteiger partial charge in [-0.1, -0.05) is 19.2 Å². The fourth-order valence-corrected chi connectivity index (χ4v) is 3.89. The van der Waals surface area contributed by atoms with E-state index in [4.69, 9.17) is 0 Å². The third-order valence-electron chi connectivity index (χ3n) is 5.47. The van der Waals surface area contributed by atoms with Crippen molar-refractivity contribution in [2.75, 3.05) is 25.1 Å². The van der Waals surface area contributed by atoms with E-state index in [1.54, 1.807) is 6.07 Å². The highest BCUT2D eigenvalue weighted by Gasteiger charge is 2.35. The zero-order valence-corrected chi connectivity index (χ0v) is 17.7. The first kappa shape index (κ1) is 22.1. The summed E-state index contributed by atoms with van der Waals surface area (Å²) in [5.74, 6) is -1.84. The maximum Gasteiger partial charge on any atom is 0.353 e. The molecule has 9 nitrogen and oxygen atoms in total. The summed E-state index contributed by atoms with van der Waals surface area (Å²) in [6.07, 6.45) is 1.62. The lowest BCUT2D eigenvalue weighted by Crippen LogP contribution is -2.44. The Hall–Kier alpha value is -3.62. The molecule has 1 saturated heterocycles. The van der Waals surface area contributed by atoms with Gasteiger partial charge in [0.2, 0.25) is 5.91 Å². The summed E-state index contributed by atoms with van der Waals surface area (Å²) < 4.78 is 4.51. The zero-order valence-electron chi connectivity index (χ0n) is 17.7. The van der Waals surface area contributed by atoms with Crippen molar-refractivity contribution in [3.63, 3.8) is 0 Å². The predicted octanol–water partition coefficient (Wildman–Crippen LogP) is 1.06. The first-order valence-corrected chi connectivity index (χ1v) is 9.96. The van der Waals surface area contributed by atoms with E-state index in [0.29, 0.717) is 5.56 Å². The smallest absolute Gasteiger partial charge is 0.353 e. The number of hydrogen-bond acceptors (Lipinski definition) is 6. The molecule has 1 fully saturated rings. The van der Waals surface area contributed by atoms with Crippen LogP contribution in [0.1, 0.15) is 35.7 Å². The average Bonchev–Trinajstić information content (AvgIpc) is 3.09. The minimum absolute atomic E-state index is 0.0352. The second-order valence-electron chi connectivity index (χ2n) is 7.53. The number of methoxy groups -OCH3 is 1. The van der Waals surface area contributed by atoms with Crippen molar-refractivity contribution >= 4 is 29.4 Å². The van der Waals surface area contributed by atoms with Crippen LogP contribution in [0.5, 0.6) is 0 Å². The van der Waals surface area contributed by atoms with Crippen LogP contribution in [-0.4, -0.2) is 54.8 Å². The maximum atomic E-state index is 12.9. The van der Waals surface area contributed by atoms with Gasteiger partial charge in [0.15, 0.2) is 0 Å². The summed E-state index contributed by atoms with van der Waals surface area (Å²) in [6, 6.07) is 5.65. The van der Waals surface area contributed by atoms with Gasteiger partial charge in [-0.05, 0) is 25.0 Å². The van der Waals surface area contributed by atoms with E-state index >= 15 is 0 Å². The third-order valence-corrected chi connectivity index (χ3v) is 5.47. The first-order valence-electron chi connectivity index (χ1n) is 9.96.